The molecule has 3 heterocycles. The molecule has 0 spiro atoms. The highest BCUT2D eigenvalue weighted by molar-refractivity contribution is 7.11. The van der Waals surface area contributed by atoms with Crippen LogP contribution in [-0.2, 0) is 11.2 Å². The van der Waals surface area contributed by atoms with Crippen LogP contribution in [-0.4, -0.2) is 38.7 Å². The number of rotatable bonds is 3. The fourth-order valence-electron chi connectivity index (χ4n) is 3.17. The zero-order valence-corrected chi connectivity index (χ0v) is 14.4. The summed E-state index contributed by atoms with van der Waals surface area (Å²) < 4.78 is 2.07. The van der Waals surface area contributed by atoms with Crippen LogP contribution in [0.3, 0.4) is 0 Å². The lowest BCUT2D eigenvalue weighted by Gasteiger charge is -2.17. The third-order valence-electron chi connectivity index (χ3n) is 4.22. The first-order valence-electron chi connectivity index (χ1n) is 7.67. The maximum atomic E-state index is 12.5. The Labute approximate surface area is 135 Å². The molecule has 0 unspecified atom stereocenters. The molecule has 0 radical (unpaired) electrons. The minimum atomic E-state index is 0.178. The van der Waals surface area contributed by atoms with Crippen molar-refractivity contribution in [3.8, 4) is 0 Å². The van der Waals surface area contributed by atoms with E-state index in [1.807, 2.05) is 25.7 Å². The molecule has 118 valence electrons. The van der Waals surface area contributed by atoms with Gasteiger partial charge in [-0.25, -0.2) is 4.98 Å². The Bertz CT molecular complexity index is 703. The molecule has 2 aromatic heterocycles. The van der Waals surface area contributed by atoms with E-state index in [1.165, 1.54) is 5.69 Å². The van der Waals surface area contributed by atoms with Crippen molar-refractivity contribution >= 4 is 17.2 Å². The van der Waals surface area contributed by atoms with Crippen molar-refractivity contribution in [2.75, 3.05) is 13.1 Å². The molecule has 1 aliphatic heterocycles. The SMILES string of the molecule is Cc1cc(C)n([C@H]2CCN(C(=O)Cc3nc(C)sc3C)C2)n1. The molecule has 0 aliphatic carbocycles. The van der Waals surface area contributed by atoms with Crippen molar-refractivity contribution in [2.45, 2.75) is 46.6 Å². The van der Waals surface area contributed by atoms with Crippen LogP contribution in [0.25, 0.3) is 0 Å². The second-order valence-corrected chi connectivity index (χ2v) is 7.47. The number of likely N-dealkylation sites (tertiary alicyclic amines) is 1. The van der Waals surface area contributed by atoms with Gasteiger partial charge in [0.1, 0.15) is 0 Å². The fraction of sp³-hybridized carbons (Fsp3) is 0.562. The molecule has 5 nitrogen and oxygen atoms in total. The number of carbonyl (C=O) groups is 1. The normalized spacial score (nSPS) is 18.2. The quantitative estimate of drug-likeness (QED) is 0.874. The number of amides is 1. The van der Waals surface area contributed by atoms with Crippen molar-refractivity contribution in [3.63, 3.8) is 0 Å². The van der Waals surface area contributed by atoms with E-state index >= 15 is 0 Å². The zero-order chi connectivity index (χ0) is 15.9. The maximum absolute atomic E-state index is 12.5. The third kappa shape index (κ3) is 2.92. The summed E-state index contributed by atoms with van der Waals surface area (Å²) in [6, 6.07) is 2.39. The molecule has 6 heteroatoms. The summed E-state index contributed by atoms with van der Waals surface area (Å²) in [5.74, 6) is 0.178. The van der Waals surface area contributed by atoms with Gasteiger partial charge in [0.2, 0.25) is 5.91 Å². The molecular weight excluding hydrogens is 296 g/mol. The van der Waals surface area contributed by atoms with E-state index in [9.17, 15) is 4.79 Å². The van der Waals surface area contributed by atoms with Gasteiger partial charge in [-0.1, -0.05) is 0 Å². The predicted octanol–water partition coefficient (Wildman–Crippen LogP) is 2.59. The fourth-order valence-corrected chi connectivity index (χ4v) is 4.01. The van der Waals surface area contributed by atoms with Gasteiger partial charge in [0.15, 0.2) is 0 Å². The molecule has 1 atom stereocenters. The maximum Gasteiger partial charge on any atom is 0.228 e. The average molecular weight is 318 g/mol. The summed E-state index contributed by atoms with van der Waals surface area (Å²) >= 11 is 1.66. The second-order valence-electron chi connectivity index (χ2n) is 6.07. The van der Waals surface area contributed by atoms with Gasteiger partial charge in [-0.3, -0.25) is 9.48 Å². The lowest BCUT2D eigenvalue weighted by atomic mass is 10.2. The van der Waals surface area contributed by atoms with Crippen LogP contribution < -0.4 is 0 Å². The first-order chi connectivity index (χ1) is 10.4. The smallest absolute Gasteiger partial charge is 0.228 e. The number of aromatic nitrogens is 3. The topological polar surface area (TPSA) is 51.0 Å². The van der Waals surface area contributed by atoms with Crippen LogP contribution in [0.4, 0.5) is 0 Å². The Balaban J connectivity index is 1.66. The number of aryl methyl sites for hydroxylation is 4. The summed E-state index contributed by atoms with van der Waals surface area (Å²) in [5, 5.41) is 5.59. The highest BCUT2D eigenvalue weighted by Crippen LogP contribution is 2.24. The van der Waals surface area contributed by atoms with Gasteiger partial charge in [-0.05, 0) is 40.2 Å². The molecule has 0 saturated carbocycles. The van der Waals surface area contributed by atoms with Gasteiger partial charge in [-0.15, -0.1) is 11.3 Å². The standard InChI is InChI=1S/C16H22N4OS/c1-10-7-11(2)20(18-10)14-5-6-19(9-14)16(21)8-15-12(3)22-13(4)17-15/h7,14H,5-6,8-9H2,1-4H3/t14-/m0/s1. The monoisotopic (exact) mass is 318 g/mol. The molecule has 0 bridgehead atoms. The van der Waals surface area contributed by atoms with Crippen LogP contribution in [0.2, 0.25) is 0 Å². The number of hydrogen-bond donors (Lipinski definition) is 0. The van der Waals surface area contributed by atoms with E-state index in [1.54, 1.807) is 11.3 Å². The molecule has 1 amide bonds. The molecule has 22 heavy (non-hydrogen) atoms. The van der Waals surface area contributed by atoms with E-state index in [2.05, 4.69) is 27.8 Å². The van der Waals surface area contributed by atoms with Crippen molar-refractivity contribution in [1.29, 1.82) is 0 Å². The van der Waals surface area contributed by atoms with Gasteiger partial charge >= 0.3 is 0 Å². The van der Waals surface area contributed by atoms with Gasteiger partial charge < -0.3 is 4.90 Å². The van der Waals surface area contributed by atoms with Crippen LogP contribution in [0.5, 0.6) is 0 Å². The van der Waals surface area contributed by atoms with E-state index in [-0.39, 0.29) is 5.91 Å². The highest BCUT2D eigenvalue weighted by atomic mass is 32.1. The summed E-state index contributed by atoms with van der Waals surface area (Å²) in [4.78, 5) is 20.1. The summed E-state index contributed by atoms with van der Waals surface area (Å²) in [5.41, 5.74) is 3.14. The number of carbonyl (C=O) groups excluding carboxylic acids is 1. The minimum Gasteiger partial charge on any atom is -0.340 e. The van der Waals surface area contributed by atoms with Crippen LogP contribution >= 0.6 is 11.3 Å². The summed E-state index contributed by atoms with van der Waals surface area (Å²) in [7, 11) is 0. The van der Waals surface area contributed by atoms with Crippen LogP contribution in [0, 0.1) is 27.7 Å². The first kappa shape index (κ1) is 15.2. The largest absolute Gasteiger partial charge is 0.340 e. The molecular formula is C16H22N4OS. The molecule has 3 rings (SSSR count). The van der Waals surface area contributed by atoms with E-state index in [0.717, 1.165) is 40.8 Å². The van der Waals surface area contributed by atoms with E-state index in [4.69, 9.17) is 0 Å². The van der Waals surface area contributed by atoms with Gasteiger partial charge in [0, 0.05) is 23.7 Å². The van der Waals surface area contributed by atoms with E-state index in [0.29, 0.717) is 12.5 Å². The highest BCUT2D eigenvalue weighted by Gasteiger charge is 2.29. The molecule has 1 fully saturated rings. The molecule has 1 aliphatic rings. The molecule has 1 saturated heterocycles. The molecule has 0 aromatic carbocycles. The lowest BCUT2D eigenvalue weighted by Crippen LogP contribution is -2.31. The third-order valence-corrected chi connectivity index (χ3v) is 5.15. The zero-order valence-electron chi connectivity index (χ0n) is 13.6. The molecule has 0 N–H and O–H groups in total. The van der Waals surface area contributed by atoms with Crippen LogP contribution in [0.15, 0.2) is 6.07 Å². The molecule has 2 aromatic rings. The minimum absolute atomic E-state index is 0.178. The second kappa shape index (κ2) is 5.83. The Morgan fingerprint density at radius 2 is 2.14 bits per heavy atom. The lowest BCUT2D eigenvalue weighted by molar-refractivity contribution is -0.129. The van der Waals surface area contributed by atoms with Gasteiger partial charge in [-0.2, -0.15) is 5.10 Å². The first-order valence-corrected chi connectivity index (χ1v) is 8.49. The summed E-state index contributed by atoms with van der Waals surface area (Å²) in [6.45, 7) is 9.67. The number of thiazole rings is 1. The van der Waals surface area contributed by atoms with Crippen LogP contribution in [0.1, 0.15) is 39.4 Å². The van der Waals surface area contributed by atoms with Gasteiger partial charge in [0.25, 0.3) is 0 Å². The summed E-state index contributed by atoms with van der Waals surface area (Å²) in [6.07, 6.45) is 1.39. The Kier molecular flexibility index (Phi) is 4.04. The number of hydrogen-bond acceptors (Lipinski definition) is 4. The number of nitrogens with zero attached hydrogens (tertiary/aromatic N) is 4. The van der Waals surface area contributed by atoms with Crippen molar-refractivity contribution in [1.82, 2.24) is 19.7 Å². The average Bonchev–Trinajstić information content (AvgIpc) is 3.10. The van der Waals surface area contributed by atoms with Gasteiger partial charge in [0.05, 0.1) is 28.9 Å². The van der Waals surface area contributed by atoms with Crippen molar-refractivity contribution in [2.24, 2.45) is 0 Å². The van der Waals surface area contributed by atoms with E-state index < -0.39 is 0 Å². The Morgan fingerprint density at radius 1 is 1.36 bits per heavy atom. The predicted molar refractivity (Wildman–Crippen MR) is 87.2 cm³/mol. The Morgan fingerprint density at radius 3 is 2.73 bits per heavy atom. The Hall–Kier alpha value is -1.69. The van der Waals surface area contributed by atoms with Crippen molar-refractivity contribution in [3.05, 3.63) is 33.0 Å². The van der Waals surface area contributed by atoms with Crippen molar-refractivity contribution < 1.29 is 4.79 Å².